The summed E-state index contributed by atoms with van der Waals surface area (Å²) in [7, 11) is 4.07. The van der Waals surface area contributed by atoms with E-state index in [0.29, 0.717) is 0 Å². The molecule has 6 radical (unpaired) electrons. The highest BCUT2D eigenvalue weighted by atomic mass is 29.8. The number of hydrogen-bond donors (Lipinski definition) is 0. The fourth-order valence-electron chi connectivity index (χ4n) is 0.950. The Hall–Kier alpha value is 0.868. The standard InChI is InChI=1S/C6H16Si4/c1-5-9(8-7)10(3,4)6-2/h5-6H2,1-4H3. The first-order chi connectivity index (χ1) is 4.58. The van der Waals surface area contributed by atoms with E-state index in [9.17, 15) is 0 Å². The van der Waals surface area contributed by atoms with Crippen LogP contribution in [0, 0.1) is 0 Å². The van der Waals surface area contributed by atoms with Crippen LogP contribution in [0.4, 0.5) is 0 Å². The van der Waals surface area contributed by atoms with Crippen LogP contribution in [0.5, 0.6) is 0 Å². The van der Waals surface area contributed by atoms with Gasteiger partial charge in [-0.05, 0) is 0 Å². The summed E-state index contributed by atoms with van der Waals surface area (Å²) < 4.78 is 0. The molecule has 0 saturated heterocycles. The van der Waals surface area contributed by atoms with Crippen molar-refractivity contribution in [2.45, 2.75) is 39.0 Å². The smallest absolute Gasteiger partial charge is 0.0351 e. The van der Waals surface area contributed by atoms with Crippen molar-refractivity contribution in [1.82, 2.24) is 0 Å². The van der Waals surface area contributed by atoms with Gasteiger partial charge in [-0.1, -0.05) is 39.0 Å². The molecule has 0 aliphatic heterocycles. The van der Waals surface area contributed by atoms with E-state index in [1.807, 2.05) is 0 Å². The van der Waals surface area contributed by atoms with Crippen molar-refractivity contribution >= 4 is 33.7 Å². The van der Waals surface area contributed by atoms with Gasteiger partial charge < -0.3 is 0 Å². The van der Waals surface area contributed by atoms with Crippen LogP contribution in [0.1, 0.15) is 13.8 Å². The zero-order chi connectivity index (χ0) is 8.20. The van der Waals surface area contributed by atoms with Crippen molar-refractivity contribution in [3.63, 3.8) is 0 Å². The lowest BCUT2D eigenvalue weighted by atomic mass is 11.0. The first-order valence-corrected chi connectivity index (χ1v) is 13.3. The van der Waals surface area contributed by atoms with Gasteiger partial charge in [0.05, 0.1) is 0 Å². The van der Waals surface area contributed by atoms with Crippen molar-refractivity contribution in [2.24, 2.45) is 0 Å². The maximum absolute atomic E-state index is 3.71. The topological polar surface area (TPSA) is 0 Å². The minimum Gasteiger partial charge on any atom is -0.0717 e. The second kappa shape index (κ2) is 4.69. The summed E-state index contributed by atoms with van der Waals surface area (Å²) in [5.74, 6) is 0. The van der Waals surface area contributed by atoms with Crippen LogP contribution in [0.25, 0.3) is 0 Å². The minimum absolute atomic E-state index is 0.0298. The molecule has 0 aromatic rings. The molecule has 0 fully saturated rings. The molecular formula is C6H16Si4. The molecule has 0 spiro atoms. The van der Waals surface area contributed by atoms with Crippen molar-refractivity contribution in [3.05, 3.63) is 0 Å². The van der Waals surface area contributed by atoms with E-state index in [0.717, 1.165) is 8.55 Å². The molecule has 10 heavy (non-hydrogen) atoms. The Bertz CT molecular complexity index is 87.7. The van der Waals surface area contributed by atoms with E-state index in [4.69, 9.17) is 0 Å². The van der Waals surface area contributed by atoms with E-state index in [1.165, 1.54) is 12.1 Å². The Kier molecular flexibility index (Phi) is 5.09. The molecule has 0 aliphatic rings. The molecule has 0 aromatic heterocycles. The van der Waals surface area contributed by atoms with Gasteiger partial charge in [-0.25, -0.2) is 0 Å². The first-order valence-electron chi connectivity index (χ1n) is 3.87. The van der Waals surface area contributed by atoms with Gasteiger partial charge in [-0.3, -0.25) is 0 Å². The minimum atomic E-state index is -0.741. The van der Waals surface area contributed by atoms with Gasteiger partial charge in [-0.2, -0.15) is 0 Å². The second-order valence-electron chi connectivity index (χ2n) is 3.19. The molecule has 0 nitrogen and oxygen atoms in total. The van der Waals surface area contributed by atoms with Gasteiger partial charge in [0, 0.05) is 33.7 Å². The van der Waals surface area contributed by atoms with Crippen molar-refractivity contribution < 1.29 is 0 Å². The van der Waals surface area contributed by atoms with E-state index < -0.39 is 7.59 Å². The molecule has 0 saturated carbocycles. The quantitative estimate of drug-likeness (QED) is 0.605. The third-order valence-electron chi connectivity index (χ3n) is 2.21. The van der Waals surface area contributed by atoms with Gasteiger partial charge in [0.25, 0.3) is 0 Å². The number of rotatable bonds is 4. The largest absolute Gasteiger partial charge is 0.0717 e. The average Bonchev–Trinajstić information content (AvgIpc) is 1.90. The number of hydrogen-bond acceptors (Lipinski definition) is 0. The van der Waals surface area contributed by atoms with Crippen molar-refractivity contribution in [1.29, 1.82) is 0 Å². The van der Waals surface area contributed by atoms with Gasteiger partial charge in [0.1, 0.15) is 0 Å². The fourth-order valence-corrected chi connectivity index (χ4v) is 23.9. The molecule has 4 heteroatoms. The fraction of sp³-hybridized carbons (Fsp3) is 1.00. The summed E-state index contributed by atoms with van der Waals surface area (Å²) >= 11 is 0. The molecule has 56 valence electrons. The molecule has 0 rings (SSSR count). The molecule has 0 aromatic carbocycles. The van der Waals surface area contributed by atoms with Crippen LogP contribution < -0.4 is 0 Å². The maximum atomic E-state index is 3.71. The van der Waals surface area contributed by atoms with Gasteiger partial charge in [0.15, 0.2) is 0 Å². The lowest BCUT2D eigenvalue weighted by Gasteiger charge is -2.28. The monoisotopic (exact) mass is 200 g/mol. The second-order valence-corrected chi connectivity index (χ2v) is 21.8. The predicted molar refractivity (Wildman–Crippen MR) is 55.7 cm³/mol. The summed E-state index contributed by atoms with van der Waals surface area (Å²) in [6.45, 7) is 9.79. The van der Waals surface area contributed by atoms with E-state index >= 15 is 0 Å². The highest BCUT2D eigenvalue weighted by molar-refractivity contribution is 7.58. The Morgan fingerprint density at radius 2 is 1.90 bits per heavy atom. The lowest BCUT2D eigenvalue weighted by Crippen LogP contribution is -2.49. The average molecular weight is 201 g/mol. The summed E-state index contributed by atoms with van der Waals surface area (Å²) in [5.41, 5.74) is 0. The Labute approximate surface area is 73.0 Å². The summed E-state index contributed by atoms with van der Waals surface area (Å²) in [6.07, 6.45) is 0. The molecule has 0 heterocycles. The summed E-state index contributed by atoms with van der Waals surface area (Å²) in [5, 5.41) is 0. The summed E-state index contributed by atoms with van der Waals surface area (Å²) in [4.78, 5) is 0. The Morgan fingerprint density at radius 3 is 2.00 bits per heavy atom. The molecule has 0 N–H and O–H groups in total. The van der Waals surface area contributed by atoms with Crippen LogP contribution in [0.15, 0.2) is 0 Å². The zero-order valence-corrected chi connectivity index (χ0v) is 11.4. The van der Waals surface area contributed by atoms with Gasteiger partial charge in [-0.15, -0.1) is 0 Å². The Morgan fingerprint density at radius 1 is 1.40 bits per heavy atom. The van der Waals surface area contributed by atoms with Crippen LogP contribution >= 0.6 is 0 Å². The zero-order valence-electron chi connectivity index (χ0n) is 7.41. The molecule has 0 atom stereocenters. The van der Waals surface area contributed by atoms with Crippen LogP contribution in [0.2, 0.25) is 25.2 Å². The highest BCUT2D eigenvalue weighted by Crippen LogP contribution is 2.13. The molecule has 0 aliphatic carbocycles. The van der Waals surface area contributed by atoms with Crippen LogP contribution in [-0.2, 0) is 0 Å². The molecule has 0 unspecified atom stereocenters. The van der Waals surface area contributed by atoms with Crippen LogP contribution in [-0.4, -0.2) is 33.7 Å². The molecule has 0 amide bonds. The summed E-state index contributed by atoms with van der Waals surface area (Å²) in [6, 6.07) is 2.92. The maximum Gasteiger partial charge on any atom is 0.0351 e. The SMILES string of the molecule is CC[Si]([Si][Si])[Si](C)(C)CC. The molecule has 0 bridgehead atoms. The first kappa shape index (κ1) is 10.9. The Balaban J connectivity index is 3.97. The van der Waals surface area contributed by atoms with E-state index in [1.54, 1.807) is 0 Å². The third kappa shape index (κ3) is 2.85. The normalized spacial score (nSPS) is 12.6. The molecular weight excluding hydrogens is 184 g/mol. The predicted octanol–water partition coefficient (Wildman–Crippen LogP) is 1.59. The van der Waals surface area contributed by atoms with Crippen LogP contribution in [0.3, 0.4) is 0 Å². The van der Waals surface area contributed by atoms with E-state index in [-0.39, 0.29) is 7.83 Å². The van der Waals surface area contributed by atoms with E-state index in [2.05, 4.69) is 36.7 Å². The van der Waals surface area contributed by atoms with Gasteiger partial charge >= 0.3 is 0 Å². The van der Waals surface area contributed by atoms with Crippen molar-refractivity contribution in [2.75, 3.05) is 0 Å². The third-order valence-corrected chi connectivity index (χ3v) is 27.8. The lowest BCUT2D eigenvalue weighted by molar-refractivity contribution is 1.38. The van der Waals surface area contributed by atoms with Crippen molar-refractivity contribution in [3.8, 4) is 0 Å². The van der Waals surface area contributed by atoms with Gasteiger partial charge in [0.2, 0.25) is 0 Å². The highest BCUT2D eigenvalue weighted by Gasteiger charge is 2.27.